The number of hydrogen-bond acceptors (Lipinski definition) is 3. The Kier molecular flexibility index (Phi) is 4.32. The van der Waals surface area contributed by atoms with Gasteiger partial charge >= 0.3 is 5.97 Å². The molecule has 1 unspecified atom stereocenters. The van der Waals surface area contributed by atoms with Crippen LogP contribution in [0.4, 0.5) is 0 Å². The summed E-state index contributed by atoms with van der Waals surface area (Å²) in [4.78, 5) is 26.1. The standard InChI is InChI=1S/C17H19Cl2NO3/c1-16(11-17(16,18)19)15(22)23-10-12-4-6-13(7-5-12)14(21)20-8-2-3-9-20/h4-7H,2-3,8-11H2,1H3. The molecule has 1 saturated carbocycles. The number of rotatable bonds is 4. The number of esters is 1. The number of ether oxygens (including phenoxy) is 1. The van der Waals surface area contributed by atoms with E-state index in [1.165, 1.54) is 0 Å². The fourth-order valence-corrected chi connectivity index (χ4v) is 3.46. The van der Waals surface area contributed by atoms with Crippen molar-refractivity contribution in [1.82, 2.24) is 4.90 Å². The van der Waals surface area contributed by atoms with E-state index in [1.54, 1.807) is 31.2 Å². The van der Waals surface area contributed by atoms with E-state index in [1.807, 2.05) is 4.90 Å². The molecule has 124 valence electrons. The number of hydrogen-bond donors (Lipinski definition) is 0. The molecule has 23 heavy (non-hydrogen) atoms. The Morgan fingerprint density at radius 2 is 1.74 bits per heavy atom. The van der Waals surface area contributed by atoms with Crippen LogP contribution in [0.1, 0.15) is 42.1 Å². The Bertz CT molecular complexity index is 623. The third-order valence-electron chi connectivity index (χ3n) is 4.67. The first kappa shape index (κ1) is 16.6. The minimum atomic E-state index is -1.02. The highest BCUT2D eigenvalue weighted by molar-refractivity contribution is 6.53. The second kappa shape index (κ2) is 5.99. The largest absolute Gasteiger partial charge is 0.460 e. The number of carbonyl (C=O) groups excluding carboxylic acids is 2. The Balaban J connectivity index is 1.56. The van der Waals surface area contributed by atoms with Crippen LogP contribution in [0.5, 0.6) is 0 Å². The molecular formula is C17H19Cl2NO3. The van der Waals surface area contributed by atoms with Crippen molar-refractivity contribution in [2.75, 3.05) is 13.1 Å². The van der Waals surface area contributed by atoms with E-state index < -0.39 is 9.75 Å². The van der Waals surface area contributed by atoms with Crippen molar-refractivity contribution in [3.8, 4) is 0 Å². The minimum absolute atomic E-state index is 0.0607. The summed E-state index contributed by atoms with van der Waals surface area (Å²) >= 11 is 11.9. The molecule has 0 radical (unpaired) electrons. The van der Waals surface area contributed by atoms with E-state index in [0.717, 1.165) is 31.5 Å². The highest BCUT2D eigenvalue weighted by Gasteiger charge is 2.69. The summed E-state index contributed by atoms with van der Waals surface area (Å²) in [6.45, 7) is 3.51. The van der Waals surface area contributed by atoms with Crippen LogP contribution in [0.3, 0.4) is 0 Å². The second-order valence-corrected chi connectivity index (χ2v) is 7.97. The van der Waals surface area contributed by atoms with Crippen molar-refractivity contribution in [3.05, 3.63) is 35.4 Å². The fraction of sp³-hybridized carbons (Fsp3) is 0.529. The van der Waals surface area contributed by atoms with Gasteiger partial charge in [-0.25, -0.2) is 0 Å². The zero-order chi connectivity index (χ0) is 16.7. The molecule has 1 aromatic carbocycles. The summed E-state index contributed by atoms with van der Waals surface area (Å²) in [5.41, 5.74) is 0.675. The highest BCUT2D eigenvalue weighted by Crippen LogP contribution is 2.64. The van der Waals surface area contributed by atoms with Crippen LogP contribution in [-0.4, -0.2) is 34.2 Å². The molecule has 4 nitrogen and oxygen atoms in total. The van der Waals surface area contributed by atoms with E-state index >= 15 is 0 Å². The van der Waals surface area contributed by atoms with E-state index in [4.69, 9.17) is 27.9 Å². The zero-order valence-electron chi connectivity index (χ0n) is 13.0. The van der Waals surface area contributed by atoms with Gasteiger partial charge in [0.1, 0.15) is 16.4 Å². The third kappa shape index (κ3) is 3.20. The molecule has 0 aromatic heterocycles. The summed E-state index contributed by atoms with van der Waals surface area (Å²) < 4.78 is 4.27. The van der Waals surface area contributed by atoms with E-state index in [9.17, 15) is 9.59 Å². The lowest BCUT2D eigenvalue weighted by molar-refractivity contribution is -0.150. The van der Waals surface area contributed by atoms with Crippen LogP contribution in [0, 0.1) is 5.41 Å². The predicted octanol–water partition coefficient (Wildman–Crippen LogP) is 3.55. The van der Waals surface area contributed by atoms with Crippen molar-refractivity contribution in [2.45, 2.75) is 37.1 Å². The molecule has 2 aliphatic rings. The number of alkyl halides is 2. The first-order valence-corrected chi connectivity index (χ1v) is 8.52. The van der Waals surface area contributed by atoms with Crippen LogP contribution in [0.2, 0.25) is 0 Å². The Hall–Kier alpha value is -1.26. The monoisotopic (exact) mass is 355 g/mol. The number of carbonyl (C=O) groups is 2. The van der Waals surface area contributed by atoms with Crippen molar-refractivity contribution in [2.24, 2.45) is 5.41 Å². The first-order chi connectivity index (χ1) is 10.8. The molecule has 1 amide bonds. The summed E-state index contributed by atoms with van der Waals surface area (Å²) in [6, 6.07) is 7.16. The van der Waals surface area contributed by atoms with Gasteiger partial charge in [0.15, 0.2) is 0 Å². The summed E-state index contributed by atoms with van der Waals surface area (Å²) in [6.07, 6.45) is 2.55. The molecule has 0 N–H and O–H groups in total. The van der Waals surface area contributed by atoms with Gasteiger partial charge in [0.05, 0.1) is 0 Å². The molecule has 2 fully saturated rings. The maximum atomic E-state index is 12.2. The van der Waals surface area contributed by atoms with Crippen LogP contribution in [0.15, 0.2) is 24.3 Å². The first-order valence-electron chi connectivity index (χ1n) is 7.77. The van der Waals surface area contributed by atoms with Crippen LogP contribution in [-0.2, 0) is 16.1 Å². The van der Waals surface area contributed by atoms with Crippen LogP contribution >= 0.6 is 23.2 Å². The topological polar surface area (TPSA) is 46.6 Å². The van der Waals surface area contributed by atoms with Crippen molar-refractivity contribution >= 4 is 35.1 Å². The van der Waals surface area contributed by atoms with Gasteiger partial charge in [0, 0.05) is 25.1 Å². The molecule has 1 aromatic rings. The second-order valence-electron chi connectivity index (χ2n) is 6.49. The summed E-state index contributed by atoms with van der Waals surface area (Å²) in [7, 11) is 0. The van der Waals surface area contributed by atoms with Gasteiger partial charge in [-0.2, -0.15) is 0 Å². The van der Waals surface area contributed by atoms with Crippen LogP contribution in [0.25, 0.3) is 0 Å². The molecule has 1 aliphatic carbocycles. The van der Waals surface area contributed by atoms with Gasteiger partial charge in [0.2, 0.25) is 0 Å². The lowest BCUT2D eigenvalue weighted by Crippen LogP contribution is -2.27. The number of likely N-dealkylation sites (tertiary alicyclic amines) is 1. The quantitative estimate of drug-likeness (QED) is 0.612. The van der Waals surface area contributed by atoms with Crippen molar-refractivity contribution in [1.29, 1.82) is 0 Å². The predicted molar refractivity (Wildman–Crippen MR) is 88.5 cm³/mol. The summed E-state index contributed by atoms with van der Waals surface area (Å²) in [5, 5.41) is 0. The van der Waals surface area contributed by atoms with Crippen LogP contribution < -0.4 is 0 Å². The van der Waals surface area contributed by atoms with E-state index in [-0.39, 0.29) is 18.5 Å². The minimum Gasteiger partial charge on any atom is -0.460 e. The van der Waals surface area contributed by atoms with Gasteiger partial charge in [-0.15, -0.1) is 23.2 Å². The Morgan fingerprint density at radius 3 is 2.26 bits per heavy atom. The van der Waals surface area contributed by atoms with Gasteiger partial charge in [-0.1, -0.05) is 12.1 Å². The Morgan fingerprint density at radius 1 is 1.17 bits per heavy atom. The number of nitrogens with zero attached hydrogens (tertiary/aromatic N) is 1. The molecular weight excluding hydrogens is 337 g/mol. The molecule has 6 heteroatoms. The van der Waals surface area contributed by atoms with Crippen molar-refractivity contribution in [3.63, 3.8) is 0 Å². The molecule has 1 saturated heterocycles. The molecule has 1 aliphatic heterocycles. The molecule has 3 rings (SSSR count). The lowest BCUT2D eigenvalue weighted by Gasteiger charge is -2.15. The third-order valence-corrected chi connectivity index (χ3v) is 5.77. The van der Waals surface area contributed by atoms with Gasteiger partial charge < -0.3 is 9.64 Å². The van der Waals surface area contributed by atoms with Gasteiger partial charge in [-0.3, -0.25) is 9.59 Å². The smallest absolute Gasteiger partial charge is 0.315 e. The molecule has 1 atom stereocenters. The van der Waals surface area contributed by atoms with E-state index in [2.05, 4.69) is 0 Å². The maximum absolute atomic E-state index is 12.2. The SMILES string of the molecule is CC1(C(=O)OCc2ccc(C(=O)N3CCCC3)cc2)CC1(Cl)Cl. The average molecular weight is 356 g/mol. The number of amides is 1. The molecule has 1 heterocycles. The fourth-order valence-electron chi connectivity index (χ4n) is 2.78. The van der Waals surface area contributed by atoms with E-state index in [0.29, 0.717) is 12.0 Å². The summed E-state index contributed by atoms with van der Waals surface area (Å²) in [5.74, 6) is -0.328. The number of halogens is 2. The highest BCUT2D eigenvalue weighted by atomic mass is 35.5. The molecule has 0 spiro atoms. The molecule has 0 bridgehead atoms. The number of benzene rings is 1. The van der Waals surface area contributed by atoms with Gasteiger partial charge in [0.25, 0.3) is 5.91 Å². The zero-order valence-corrected chi connectivity index (χ0v) is 14.5. The maximum Gasteiger partial charge on any atom is 0.315 e. The Labute approximate surface area is 145 Å². The lowest BCUT2D eigenvalue weighted by atomic mass is 10.1. The van der Waals surface area contributed by atoms with Crippen molar-refractivity contribution < 1.29 is 14.3 Å². The average Bonchev–Trinajstić information content (AvgIpc) is 2.92. The van der Waals surface area contributed by atoms with Gasteiger partial charge in [-0.05, 0) is 37.5 Å². The normalized spacial score (nSPS) is 25.3.